The molecule has 4 aromatic rings. The van der Waals surface area contributed by atoms with Gasteiger partial charge in [0.2, 0.25) is 5.91 Å². The number of nitrogens with zero attached hydrogens (tertiary/aromatic N) is 4. The number of ether oxygens (including phenoxy) is 1. The number of nitrogens with one attached hydrogen (secondary N) is 1. The molecule has 0 aliphatic heterocycles. The maximum atomic E-state index is 12.6. The molecule has 8 nitrogen and oxygen atoms in total. The molecule has 2 aromatic carbocycles. The van der Waals surface area contributed by atoms with E-state index in [2.05, 4.69) is 20.5 Å². The normalized spacial score (nSPS) is 11.1. The third-order valence-corrected chi connectivity index (χ3v) is 8.31. The number of hydrogen-bond acceptors (Lipinski definition) is 9. The van der Waals surface area contributed by atoms with Gasteiger partial charge in [0.15, 0.2) is 15.3 Å². The summed E-state index contributed by atoms with van der Waals surface area (Å²) in [4.78, 5) is 28.6. The summed E-state index contributed by atoms with van der Waals surface area (Å²) in [6.45, 7) is 2.13. The van der Waals surface area contributed by atoms with Gasteiger partial charge in [0.05, 0.1) is 33.4 Å². The molecule has 0 aliphatic carbocycles. The Morgan fingerprint density at radius 2 is 1.94 bits per heavy atom. The van der Waals surface area contributed by atoms with Crippen LogP contribution >= 0.6 is 58.1 Å². The highest BCUT2D eigenvalue weighted by Gasteiger charge is 2.16. The topological polar surface area (TPSA) is 99.0 Å². The lowest BCUT2D eigenvalue weighted by Gasteiger charge is -2.07. The third-order valence-electron chi connectivity index (χ3n) is 4.61. The van der Waals surface area contributed by atoms with Crippen LogP contribution in [-0.4, -0.2) is 49.7 Å². The Morgan fingerprint density at radius 1 is 1.11 bits per heavy atom. The Balaban J connectivity index is 1.36. The van der Waals surface area contributed by atoms with Gasteiger partial charge in [0, 0.05) is 23.3 Å². The van der Waals surface area contributed by atoms with Gasteiger partial charge in [-0.05, 0) is 43.3 Å². The van der Waals surface area contributed by atoms with Crippen LogP contribution in [0.15, 0.2) is 45.9 Å². The molecule has 0 unspecified atom stereocenters. The minimum Gasteiger partial charge on any atom is -0.465 e. The molecule has 0 fully saturated rings. The Labute approximate surface area is 223 Å². The molecule has 0 aliphatic rings. The highest BCUT2D eigenvalue weighted by atomic mass is 35.5. The van der Waals surface area contributed by atoms with E-state index in [4.69, 9.17) is 27.9 Å². The molecule has 2 heterocycles. The molecule has 13 heteroatoms. The Morgan fingerprint density at radius 3 is 2.71 bits per heavy atom. The second-order valence-corrected chi connectivity index (χ2v) is 11.1. The van der Waals surface area contributed by atoms with Crippen molar-refractivity contribution in [1.29, 1.82) is 0 Å². The maximum Gasteiger partial charge on any atom is 0.316 e. The number of esters is 1. The SMILES string of the molecule is CCOC(=O)CSc1nc2ccc(NC(=O)CSc3nnc(-c4ccc(Cl)cc4Cl)n3C)cc2s1. The summed E-state index contributed by atoms with van der Waals surface area (Å²) in [5.74, 6) is 0.504. The fourth-order valence-corrected chi connectivity index (χ4v) is 6.15. The van der Waals surface area contributed by atoms with Crippen molar-refractivity contribution in [2.75, 3.05) is 23.4 Å². The first-order valence-electron chi connectivity index (χ1n) is 10.3. The van der Waals surface area contributed by atoms with E-state index in [-0.39, 0.29) is 23.4 Å². The number of aromatic nitrogens is 4. The summed E-state index contributed by atoms with van der Waals surface area (Å²) < 4.78 is 8.41. The Kier molecular flexibility index (Phi) is 8.55. The monoisotopic (exact) mass is 567 g/mol. The van der Waals surface area contributed by atoms with E-state index in [1.165, 1.54) is 34.9 Å². The number of carbonyl (C=O) groups is 2. The Bertz CT molecular complexity index is 1390. The molecule has 4 rings (SSSR count). The molecule has 0 atom stereocenters. The lowest BCUT2D eigenvalue weighted by atomic mass is 10.2. The molecular formula is C22H19Cl2N5O3S3. The van der Waals surface area contributed by atoms with Crippen LogP contribution in [0.25, 0.3) is 21.6 Å². The van der Waals surface area contributed by atoms with Crippen molar-refractivity contribution >= 4 is 85.8 Å². The number of carbonyl (C=O) groups excluding carboxylic acids is 2. The Hall–Kier alpha value is -2.31. The quantitative estimate of drug-likeness (QED) is 0.200. The third kappa shape index (κ3) is 6.47. The van der Waals surface area contributed by atoms with Crippen LogP contribution in [0.3, 0.4) is 0 Å². The van der Waals surface area contributed by atoms with Gasteiger partial charge in [-0.3, -0.25) is 9.59 Å². The largest absolute Gasteiger partial charge is 0.465 e. The van der Waals surface area contributed by atoms with Crippen molar-refractivity contribution < 1.29 is 14.3 Å². The number of halogens is 2. The van der Waals surface area contributed by atoms with Crippen LogP contribution in [0.1, 0.15) is 6.92 Å². The fourth-order valence-electron chi connectivity index (χ4n) is 3.04. The van der Waals surface area contributed by atoms with E-state index >= 15 is 0 Å². The number of rotatable bonds is 9. The molecular weight excluding hydrogens is 549 g/mol. The van der Waals surface area contributed by atoms with E-state index in [1.807, 2.05) is 19.2 Å². The summed E-state index contributed by atoms with van der Waals surface area (Å²) in [6.07, 6.45) is 0. The van der Waals surface area contributed by atoms with E-state index in [1.54, 1.807) is 35.8 Å². The summed E-state index contributed by atoms with van der Waals surface area (Å²) >= 11 is 16.3. The average molecular weight is 569 g/mol. The zero-order chi connectivity index (χ0) is 24.9. The van der Waals surface area contributed by atoms with E-state index in [0.29, 0.717) is 38.9 Å². The van der Waals surface area contributed by atoms with Gasteiger partial charge in [-0.25, -0.2) is 4.98 Å². The minimum atomic E-state index is -0.270. The molecule has 182 valence electrons. The van der Waals surface area contributed by atoms with Crippen molar-refractivity contribution in [3.8, 4) is 11.4 Å². The summed E-state index contributed by atoms with van der Waals surface area (Å²) in [6, 6.07) is 10.7. The fraction of sp³-hybridized carbons (Fsp3) is 0.227. The summed E-state index contributed by atoms with van der Waals surface area (Å²) in [5, 5.41) is 12.9. The molecule has 35 heavy (non-hydrogen) atoms. The number of benzene rings is 2. The van der Waals surface area contributed by atoms with E-state index in [0.717, 1.165) is 14.6 Å². The molecule has 0 saturated heterocycles. The van der Waals surface area contributed by atoms with Crippen molar-refractivity contribution in [2.24, 2.45) is 7.05 Å². The van der Waals surface area contributed by atoms with Gasteiger partial charge in [-0.2, -0.15) is 0 Å². The number of amides is 1. The van der Waals surface area contributed by atoms with Gasteiger partial charge in [-0.1, -0.05) is 46.7 Å². The first-order valence-corrected chi connectivity index (χ1v) is 13.8. The molecule has 2 aromatic heterocycles. The number of fused-ring (bicyclic) bond motifs is 1. The van der Waals surface area contributed by atoms with Crippen LogP contribution in [0.2, 0.25) is 10.0 Å². The van der Waals surface area contributed by atoms with E-state index in [9.17, 15) is 9.59 Å². The molecule has 0 saturated carbocycles. The van der Waals surface area contributed by atoms with Crippen LogP contribution < -0.4 is 5.32 Å². The maximum absolute atomic E-state index is 12.6. The van der Waals surface area contributed by atoms with Crippen molar-refractivity contribution in [2.45, 2.75) is 16.4 Å². The predicted molar refractivity (Wildman–Crippen MR) is 143 cm³/mol. The number of thiazole rings is 1. The molecule has 0 bridgehead atoms. The van der Waals surface area contributed by atoms with Crippen LogP contribution in [-0.2, 0) is 21.4 Å². The smallest absolute Gasteiger partial charge is 0.316 e. The van der Waals surface area contributed by atoms with Gasteiger partial charge in [-0.15, -0.1) is 21.5 Å². The van der Waals surface area contributed by atoms with Crippen molar-refractivity contribution in [1.82, 2.24) is 19.7 Å². The van der Waals surface area contributed by atoms with Crippen molar-refractivity contribution in [3.05, 3.63) is 46.4 Å². The average Bonchev–Trinajstić information content (AvgIpc) is 3.39. The molecule has 0 radical (unpaired) electrons. The zero-order valence-corrected chi connectivity index (χ0v) is 22.5. The minimum absolute atomic E-state index is 0.154. The van der Waals surface area contributed by atoms with Crippen molar-refractivity contribution in [3.63, 3.8) is 0 Å². The lowest BCUT2D eigenvalue weighted by Crippen LogP contribution is -2.14. The van der Waals surface area contributed by atoms with Gasteiger partial charge < -0.3 is 14.6 Å². The first kappa shape index (κ1) is 25.8. The number of hydrogen-bond donors (Lipinski definition) is 1. The molecule has 1 N–H and O–H groups in total. The molecule has 0 spiro atoms. The van der Waals surface area contributed by atoms with Crippen LogP contribution in [0.5, 0.6) is 0 Å². The lowest BCUT2D eigenvalue weighted by molar-refractivity contribution is -0.139. The van der Waals surface area contributed by atoms with E-state index < -0.39 is 0 Å². The van der Waals surface area contributed by atoms with Gasteiger partial charge in [0.25, 0.3) is 0 Å². The van der Waals surface area contributed by atoms with Crippen LogP contribution in [0.4, 0.5) is 5.69 Å². The zero-order valence-electron chi connectivity index (χ0n) is 18.6. The predicted octanol–water partition coefficient (Wildman–Crippen LogP) is 5.78. The highest BCUT2D eigenvalue weighted by Crippen LogP contribution is 2.32. The second kappa shape index (κ2) is 11.6. The van der Waals surface area contributed by atoms with Gasteiger partial charge >= 0.3 is 5.97 Å². The standard InChI is InChI=1S/C22H19Cl2N5O3S3/c1-3-32-19(31)11-34-22-26-16-7-5-13(9-17(16)35-22)25-18(30)10-33-21-28-27-20(29(21)2)14-6-4-12(23)8-15(14)24/h4-9H,3,10-11H2,1-2H3,(H,25,30). The second-order valence-electron chi connectivity index (χ2n) is 7.08. The summed E-state index contributed by atoms with van der Waals surface area (Å²) in [5.41, 5.74) is 2.18. The van der Waals surface area contributed by atoms with Gasteiger partial charge in [0.1, 0.15) is 0 Å². The number of thioether (sulfide) groups is 2. The summed E-state index contributed by atoms with van der Waals surface area (Å²) in [7, 11) is 1.82. The first-order chi connectivity index (χ1) is 16.8. The highest BCUT2D eigenvalue weighted by molar-refractivity contribution is 8.01. The molecule has 1 amide bonds. The van der Waals surface area contributed by atoms with Crippen LogP contribution in [0, 0.1) is 0 Å². The number of anilines is 1.